The minimum absolute atomic E-state index is 0.417. The molecule has 0 aliphatic heterocycles. The van der Waals surface area contributed by atoms with Crippen LogP contribution in [0.3, 0.4) is 0 Å². The third-order valence-corrected chi connectivity index (χ3v) is 2.23. The number of carbonyl (C=O) groups excluding carboxylic acids is 1. The number of carbonyl (C=O) groups is 1. The van der Waals surface area contributed by atoms with Crippen molar-refractivity contribution < 1.29 is 4.79 Å². The van der Waals surface area contributed by atoms with E-state index < -0.39 is 5.91 Å². The topological polar surface area (TPSA) is 65.8 Å². The quantitative estimate of drug-likeness (QED) is 0.422. The number of amides is 1. The molecule has 0 heterocycles. The van der Waals surface area contributed by atoms with Crippen molar-refractivity contribution in [3.8, 4) is 0 Å². The SMILES string of the molecule is Cc1cccc(Br)c1C(=O)N=[N+]=[N-]. The van der Waals surface area contributed by atoms with E-state index in [1.807, 2.05) is 6.07 Å². The first-order valence-corrected chi connectivity index (χ1v) is 4.30. The van der Waals surface area contributed by atoms with Crippen LogP contribution in [0, 0.1) is 6.92 Å². The van der Waals surface area contributed by atoms with Crippen LogP contribution in [0.4, 0.5) is 0 Å². The van der Waals surface area contributed by atoms with Gasteiger partial charge in [0.1, 0.15) is 0 Å². The van der Waals surface area contributed by atoms with Gasteiger partial charge >= 0.3 is 0 Å². The molecular weight excluding hydrogens is 234 g/mol. The fraction of sp³-hybridized carbons (Fsp3) is 0.125. The summed E-state index contributed by atoms with van der Waals surface area (Å²) >= 11 is 3.21. The highest BCUT2D eigenvalue weighted by Crippen LogP contribution is 2.20. The van der Waals surface area contributed by atoms with Crippen molar-refractivity contribution in [2.75, 3.05) is 0 Å². The molecule has 0 spiro atoms. The van der Waals surface area contributed by atoms with Crippen LogP contribution in [-0.2, 0) is 0 Å². The molecule has 13 heavy (non-hydrogen) atoms. The van der Waals surface area contributed by atoms with Crippen LogP contribution in [0.2, 0.25) is 0 Å². The molecule has 0 atom stereocenters. The summed E-state index contributed by atoms with van der Waals surface area (Å²) < 4.78 is 0.643. The van der Waals surface area contributed by atoms with Gasteiger partial charge in [0.2, 0.25) is 0 Å². The van der Waals surface area contributed by atoms with Crippen LogP contribution >= 0.6 is 15.9 Å². The van der Waals surface area contributed by atoms with Gasteiger partial charge in [-0.1, -0.05) is 28.1 Å². The highest BCUT2D eigenvalue weighted by Gasteiger charge is 2.10. The Bertz CT molecular complexity index is 376. The van der Waals surface area contributed by atoms with Gasteiger partial charge in [0.05, 0.1) is 0 Å². The van der Waals surface area contributed by atoms with Gasteiger partial charge in [0.15, 0.2) is 0 Å². The molecule has 66 valence electrons. The molecule has 0 aliphatic carbocycles. The molecule has 0 fully saturated rings. The smallest absolute Gasteiger partial charge is 0.250 e. The van der Waals surface area contributed by atoms with Crippen molar-refractivity contribution in [2.24, 2.45) is 5.11 Å². The van der Waals surface area contributed by atoms with Crippen molar-refractivity contribution >= 4 is 21.8 Å². The summed E-state index contributed by atoms with van der Waals surface area (Å²) in [5.74, 6) is -0.563. The zero-order valence-corrected chi connectivity index (χ0v) is 8.45. The lowest BCUT2D eigenvalue weighted by Crippen LogP contribution is -1.98. The second-order valence-corrected chi connectivity index (χ2v) is 3.28. The molecule has 1 aromatic rings. The molecule has 0 saturated heterocycles. The largest absolute Gasteiger partial charge is 0.287 e. The van der Waals surface area contributed by atoms with E-state index in [0.717, 1.165) is 5.56 Å². The van der Waals surface area contributed by atoms with Gasteiger partial charge in [0.25, 0.3) is 5.91 Å². The predicted molar refractivity (Wildman–Crippen MR) is 52.4 cm³/mol. The molecular formula is C8H6BrN3O. The molecule has 5 heteroatoms. The lowest BCUT2D eigenvalue weighted by Gasteiger charge is -2.02. The molecule has 0 saturated carbocycles. The van der Waals surface area contributed by atoms with Crippen molar-refractivity contribution in [3.05, 3.63) is 44.2 Å². The Hall–Kier alpha value is -1.32. The van der Waals surface area contributed by atoms with Gasteiger partial charge in [-0.15, -0.1) is 0 Å². The number of azide groups is 1. The van der Waals surface area contributed by atoms with E-state index in [4.69, 9.17) is 5.53 Å². The number of aryl methyl sites for hydroxylation is 1. The van der Waals surface area contributed by atoms with Gasteiger partial charge in [-0.05, 0) is 29.2 Å². The van der Waals surface area contributed by atoms with E-state index in [2.05, 4.69) is 26.0 Å². The average Bonchev–Trinajstić information content (AvgIpc) is 2.04. The van der Waals surface area contributed by atoms with Crippen LogP contribution in [0.5, 0.6) is 0 Å². The monoisotopic (exact) mass is 239 g/mol. The lowest BCUT2D eigenvalue weighted by atomic mass is 10.1. The maximum Gasteiger partial charge on any atom is 0.250 e. The Labute approximate surface area is 83.3 Å². The van der Waals surface area contributed by atoms with Crippen molar-refractivity contribution in [1.82, 2.24) is 0 Å². The molecule has 0 aliphatic rings. The Morgan fingerprint density at radius 1 is 1.62 bits per heavy atom. The van der Waals surface area contributed by atoms with Crippen molar-refractivity contribution in [2.45, 2.75) is 6.92 Å². The van der Waals surface area contributed by atoms with Crippen LogP contribution in [0.1, 0.15) is 15.9 Å². The van der Waals surface area contributed by atoms with Gasteiger partial charge in [-0.2, -0.15) is 0 Å². The Morgan fingerprint density at radius 3 is 2.85 bits per heavy atom. The maximum atomic E-state index is 11.2. The van der Waals surface area contributed by atoms with E-state index in [-0.39, 0.29) is 0 Å². The Balaban J connectivity index is 3.27. The van der Waals surface area contributed by atoms with Gasteiger partial charge in [-0.25, -0.2) is 0 Å². The van der Waals surface area contributed by atoms with Gasteiger partial charge < -0.3 is 0 Å². The van der Waals surface area contributed by atoms with Crippen LogP contribution in [0.25, 0.3) is 10.4 Å². The van der Waals surface area contributed by atoms with E-state index in [1.165, 1.54) is 0 Å². The third kappa shape index (κ3) is 2.08. The second kappa shape index (κ2) is 4.07. The summed E-state index contributed by atoms with van der Waals surface area (Å²) in [7, 11) is 0. The van der Waals surface area contributed by atoms with Gasteiger partial charge in [0, 0.05) is 14.9 Å². The summed E-state index contributed by atoms with van der Waals surface area (Å²) in [6.45, 7) is 1.78. The number of hydrogen-bond donors (Lipinski definition) is 0. The molecule has 0 unspecified atom stereocenters. The lowest BCUT2D eigenvalue weighted by molar-refractivity contribution is 0.0999. The Kier molecular flexibility index (Phi) is 3.06. The fourth-order valence-corrected chi connectivity index (χ4v) is 1.63. The normalized spacial score (nSPS) is 9.08. The molecule has 0 N–H and O–H groups in total. The first kappa shape index (κ1) is 9.77. The zero-order valence-electron chi connectivity index (χ0n) is 6.86. The summed E-state index contributed by atoms with van der Waals surface area (Å²) in [4.78, 5) is 13.7. The summed E-state index contributed by atoms with van der Waals surface area (Å²) in [6.07, 6.45) is 0. The summed E-state index contributed by atoms with van der Waals surface area (Å²) in [6, 6.07) is 5.32. The molecule has 1 amide bonds. The highest BCUT2D eigenvalue weighted by atomic mass is 79.9. The van der Waals surface area contributed by atoms with E-state index in [0.29, 0.717) is 10.0 Å². The van der Waals surface area contributed by atoms with Crippen LogP contribution in [0.15, 0.2) is 27.8 Å². The van der Waals surface area contributed by atoms with Crippen molar-refractivity contribution in [1.29, 1.82) is 0 Å². The molecule has 0 aromatic heterocycles. The number of halogens is 1. The Morgan fingerprint density at radius 2 is 2.31 bits per heavy atom. The van der Waals surface area contributed by atoms with Crippen LogP contribution < -0.4 is 0 Å². The van der Waals surface area contributed by atoms with E-state index in [9.17, 15) is 4.79 Å². The van der Waals surface area contributed by atoms with E-state index >= 15 is 0 Å². The number of benzene rings is 1. The standard InChI is InChI=1S/C8H6BrN3O/c1-5-3-2-4-6(9)7(5)8(13)11-12-10/h2-4H,1H3. The minimum Gasteiger partial charge on any atom is -0.287 e. The molecule has 1 aromatic carbocycles. The number of hydrogen-bond acceptors (Lipinski definition) is 1. The average molecular weight is 240 g/mol. The minimum atomic E-state index is -0.563. The zero-order chi connectivity index (χ0) is 9.84. The first-order valence-electron chi connectivity index (χ1n) is 3.51. The molecule has 4 nitrogen and oxygen atoms in total. The predicted octanol–water partition coefficient (Wildman–Crippen LogP) is 3.21. The molecule has 1 rings (SSSR count). The maximum absolute atomic E-state index is 11.2. The second-order valence-electron chi connectivity index (χ2n) is 2.43. The molecule has 0 radical (unpaired) electrons. The third-order valence-electron chi connectivity index (χ3n) is 1.57. The number of rotatable bonds is 1. The summed E-state index contributed by atoms with van der Waals surface area (Å²) in [5, 5.41) is 3.03. The van der Waals surface area contributed by atoms with E-state index in [1.54, 1.807) is 19.1 Å². The summed E-state index contributed by atoms with van der Waals surface area (Å²) in [5.41, 5.74) is 9.30. The molecule has 0 bridgehead atoms. The fourth-order valence-electron chi connectivity index (χ4n) is 0.993. The van der Waals surface area contributed by atoms with Gasteiger partial charge in [-0.3, -0.25) is 4.79 Å². The first-order chi connectivity index (χ1) is 6.16. The van der Waals surface area contributed by atoms with Crippen LogP contribution in [-0.4, -0.2) is 5.91 Å². The highest BCUT2D eigenvalue weighted by molar-refractivity contribution is 9.10. The van der Waals surface area contributed by atoms with Crippen molar-refractivity contribution in [3.63, 3.8) is 0 Å². The number of nitrogens with zero attached hydrogens (tertiary/aromatic N) is 3.